The maximum absolute atomic E-state index is 12.3. The molecule has 2 unspecified atom stereocenters. The summed E-state index contributed by atoms with van der Waals surface area (Å²) >= 11 is 0. The SMILES string of the molecule is CCCCCOc1ccc(C2NC(C(=O)OC)Cc3c2[nH]c2ccccc32)cc1. The van der Waals surface area contributed by atoms with E-state index in [9.17, 15) is 4.79 Å². The van der Waals surface area contributed by atoms with Crippen LogP contribution in [0.4, 0.5) is 0 Å². The van der Waals surface area contributed by atoms with Crippen molar-refractivity contribution in [2.24, 2.45) is 0 Å². The first kappa shape index (κ1) is 19.5. The molecule has 2 heterocycles. The summed E-state index contributed by atoms with van der Waals surface area (Å²) in [7, 11) is 1.44. The lowest BCUT2D eigenvalue weighted by Crippen LogP contribution is -2.45. The molecular formula is C24H28N2O3. The van der Waals surface area contributed by atoms with Crippen LogP contribution in [-0.2, 0) is 16.0 Å². The van der Waals surface area contributed by atoms with Crippen molar-refractivity contribution in [1.29, 1.82) is 0 Å². The Morgan fingerprint density at radius 1 is 1.10 bits per heavy atom. The largest absolute Gasteiger partial charge is 0.494 e. The van der Waals surface area contributed by atoms with Gasteiger partial charge in [0.1, 0.15) is 11.8 Å². The first-order chi connectivity index (χ1) is 14.2. The summed E-state index contributed by atoms with van der Waals surface area (Å²) in [6, 6.07) is 15.9. The zero-order chi connectivity index (χ0) is 20.2. The van der Waals surface area contributed by atoms with Gasteiger partial charge >= 0.3 is 5.97 Å². The van der Waals surface area contributed by atoms with Crippen LogP contribution >= 0.6 is 0 Å². The summed E-state index contributed by atoms with van der Waals surface area (Å²) in [5.74, 6) is 0.642. The minimum Gasteiger partial charge on any atom is -0.494 e. The van der Waals surface area contributed by atoms with Crippen LogP contribution in [0.15, 0.2) is 48.5 Å². The molecular weight excluding hydrogens is 364 g/mol. The Kier molecular flexibility index (Phi) is 5.86. The van der Waals surface area contributed by atoms with E-state index in [1.165, 1.54) is 30.9 Å². The van der Waals surface area contributed by atoms with E-state index >= 15 is 0 Å². The number of hydrogen-bond donors (Lipinski definition) is 2. The maximum atomic E-state index is 12.3. The van der Waals surface area contributed by atoms with Gasteiger partial charge in [-0.1, -0.05) is 50.1 Å². The number of para-hydroxylation sites is 1. The van der Waals surface area contributed by atoms with Crippen molar-refractivity contribution in [1.82, 2.24) is 10.3 Å². The molecule has 3 aromatic rings. The summed E-state index contributed by atoms with van der Waals surface area (Å²) in [5, 5.41) is 4.64. The number of methoxy groups -OCH3 is 1. The van der Waals surface area contributed by atoms with E-state index in [2.05, 4.69) is 41.5 Å². The highest BCUT2D eigenvalue weighted by molar-refractivity contribution is 5.87. The fourth-order valence-corrected chi connectivity index (χ4v) is 4.09. The molecule has 1 aromatic heterocycles. The van der Waals surface area contributed by atoms with Crippen LogP contribution in [0.5, 0.6) is 5.75 Å². The number of esters is 1. The number of H-pyrrole nitrogens is 1. The number of aromatic amines is 1. The van der Waals surface area contributed by atoms with E-state index in [-0.39, 0.29) is 18.1 Å². The van der Waals surface area contributed by atoms with Gasteiger partial charge in [-0.05, 0) is 35.7 Å². The zero-order valence-electron chi connectivity index (χ0n) is 17.0. The molecule has 1 aliphatic rings. The number of aromatic nitrogens is 1. The van der Waals surface area contributed by atoms with E-state index in [1.54, 1.807) is 0 Å². The van der Waals surface area contributed by atoms with Crippen LogP contribution in [0.25, 0.3) is 10.9 Å². The van der Waals surface area contributed by atoms with Crippen LogP contribution in [0.1, 0.15) is 49.0 Å². The Morgan fingerprint density at radius 3 is 2.66 bits per heavy atom. The smallest absolute Gasteiger partial charge is 0.323 e. The van der Waals surface area contributed by atoms with Crippen molar-refractivity contribution in [2.45, 2.75) is 44.7 Å². The van der Waals surface area contributed by atoms with Gasteiger partial charge < -0.3 is 14.5 Å². The monoisotopic (exact) mass is 392 g/mol. The predicted octanol–water partition coefficient (Wildman–Crippen LogP) is 4.51. The summed E-state index contributed by atoms with van der Waals surface area (Å²) in [6.07, 6.45) is 4.05. The molecule has 2 atom stereocenters. The summed E-state index contributed by atoms with van der Waals surface area (Å²) in [5.41, 5.74) is 4.47. The second kappa shape index (κ2) is 8.70. The second-order valence-corrected chi connectivity index (χ2v) is 7.57. The van der Waals surface area contributed by atoms with Crippen LogP contribution in [0.3, 0.4) is 0 Å². The van der Waals surface area contributed by atoms with E-state index in [1.807, 2.05) is 24.3 Å². The number of benzene rings is 2. The Bertz CT molecular complexity index is 977. The molecule has 0 amide bonds. The number of carbonyl (C=O) groups is 1. The van der Waals surface area contributed by atoms with Crippen LogP contribution < -0.4 is 10.1 Å². The Balaban J connectivity index is 1.63. The van der Waals surface area contributed by atoms with Crippen LogP contribution in [-0.4, -0.2) is 30.7 Å². The molecule has 5 nitrogen and oxygen atoms in total. The number of carbonyl (C=O) groups excluding carboxylic acids is 1. The van der Waals surface area contributed by atoms with Gasteiger partial charge in [-0.25, -0.2) is 0 Å². The fourth-order valence-electron chi connectivity index (χ4n) is 4.09. The molecule has 0 saturated heterocycles. The third-order valence-corrected chi connectivity index (χ3v) is 5.63. The number of fused-ring (bicyclic) bond motifs is 3. The normalized spacial score (nSPS) is 18.4. The lowest BCUT2D eigenvalue weighted by atomic mass is 9.90. The van der Waals surface area contributed by atoms with Gasteiger partial charge in [-0.2, -0.15) is 0 Å². The van der Waals surface area contributed by atoms with Gasteiger partial charge in [0.05, 0.1) is 19.8 Å². The van der Waals surface area contributed by atoms with Gasteiger partial charge in [0.25, 0.3) is 0 Å². The summed E-state index contributed by atoms with van der Waals surface area (Å²) < 4.78 is 10.9. The maximum Gasteiger partial charge on any atom is 0.323 e. The molecule has 0 fully saturated rings. The molecule has 0 bridgehead atoms. The summed E-state index contributed by atoms with van der Waals surface area (Å²) in [4.78, 5) is 15.9. The van der Waals surface area contributed by atoms with E-state index in [0.717, 1.165) is 35.6 Å². The van der Waals surface area contributed by atoms with Crippen molar-refractivity contribution >= 4 is 16.9 Å². The average Bonchev–Trinajstić information content (AvgIpc) is 3.15. The summed E-state index contributed by atoms with van der Waals surface area (Å²) in [6.45, 7) is 2.93. The molecule has 0 aliphatic carbocycles. The first-order valence-corrected chi connectivity index (χ1v) is 10.4. The van der Waals surface area contributed by atoms with Crippen molar-refractivity contribution in [3.63, 3.8) is 0 Å². The fraction of sp³-hybridized carbons (Fsp3) is 0.375. The number of rotatable bonds is 7. The Morgan fingerprint density at radius 2 is 1.90 bits per heavy atom. The molecule has 1 aliphatic heterocycles. The van der Waals surface area contributed by atoms with E-state index < -0.39 is 0 Å². The van der Waals surface area contributed by atoms with Gasteiger partial charge in [0.15, 0.2) is 0 Å². The Labute approximate surface area is 171 Å². The first-order valence-electron chi connectivity index (χ1n) is 10.4. The van der Waals surface area contributed by atoms with Crippen molar-refractivity contribution in [3.05, 3.63) is 65.4 Å². The molecule has 5 heteroatoms. The highest BCUT2D eigenvalue weighted by Gasteiger charge is 2.34. The van der Waals surface area contributed by atoms with E-state index in [4.69, 9.17) is 9.47 Å². The second-order valence-electron chi connectivity index (χ2n) is 7.57. The van der Waals surface area contributed by atoms with Crippen molar-refractivity contribution in [3.8, 4) is 5.75 Å². The van der Waals surface area contributed by atoms with Crippen molar-refractivity contribution < 1.29 is 14.3 Å². The topological polar surface area (TPSA) is 63.4 Å². The molecule has 0 radical (unpaired) electrons. The van der Waals surface area contributed by atoms with Crippen molar-refractivity contribution in [2.75, 3.05) is 13.7 Å². The average molecular weight is 392 g/mol. The van der Waals surface area contributed by atoms with Crippen LogP contribution in [0.2, 0.25) is 0 Å². The van der Waals surface area contributed by atoms with Gasteiger partial charge in [-0.3, -0.25) is 10.1 Å². The predicted molar refractivity (Wildman–Crippen MR) is 114 cm³/mol. The minimum absolute atomic E-state index is 0.107. The number of nitrogens with one attached hydrogen (secondary N) is 2. The third-order valence-electron chi connectivity index (χ3n) is 5.63. The van der Waals surface area contributed by atoms with Gasteiger partial charge in [-0.15, -0.1) is 0 Å². The minimum atomic E-state index is -0.373. The quantitative estimate of drug-likeness (QED) is 0.459. The molecule has 4 rings (SSSR count). The van der Waals surface area contributed by atoms with Crippen LogP contribution in [0, 0.1) is 0 Å². The third kappa shape index (κ3) is 4.01. The molecule has 0 spiro atoms. The molecule has 2 aromatic carbocycles. The number of hydrogen-bond acceptors (Lipinski definition) is 4. The molecule has 0 saturated carbocycles. The zero-order valence-corrected chi connectivity index (χ0v) is 17.0. The highest BCUT2D eigenvalue weighted by Crippen LogP contribution is 2.35. The molecule has 152 valence electrons. The number of ether oxygens (including phenoxy) is 2. The van der Waals surface area contributed by atoms with Gasteiger partial charge in [0, 0.05) is 23.0 Å². The Hall–Kier alpha value is -2.79. The molecule has 2 N–H and O–H groups in total. The lowest BCUT2D eigenvalue weighted by molar-refractivity contribution is -0.143. The number of unbranched alkanes of at least 4 members (excludes halogenated alkanes) is 2. The van der Waals surface area contributed by atoms with E-state index in [0.29, 0.717) is 6.42 Å². The standard InChI is InChI=1S/C24H28N2O3/c1-3-4-7-14-29-17-12-10-16(11-13-17)22-23-19(15-21(26-22)24(27)28-2)18-8-5-6-9-20(18)25-23/h5-6,8-13,21-22,25-26H,3-4,7,14-15H2,1-2H3. The van der Waals surface area contributed by atoms with Gasteiger partial charge in [0.2, 0.25) is 0 Å². The highest BCUT2D eigenvalue weighted by atomic mass is 16.5. The lowest BCUT2D eigenvalue weighted by Gasteiger charge is -2.30. The molecule has 29 heavy (non-hydrogen) atoms.